The van der Waals surface area contributed by atoms with E-state index in [1.807, 2.05) is 36.4 Å². The maximum absolute atomic E-state index is 16.2. The van der Waals surface area contributed by atoms with Gasteiger partial charge in [-0.1, -0.05) is 154 Å². The van der Waals surface area contributed by atoms with E-state index in [4.69, 9.17) is 51.2 Å². The number of nitrogens with one attached hydrogen (secondary N) is 5. The van der Waals surface area contributed by atoms with Gasteiger partial charge in [0.05, 0.1) is 89.5 Å². The molecule has 5 saturated heterocycles. The Kier molecular flexibility index (Phi) is 31.7. The molecule has 5 aliphatic rings. The average molecular weight is 2060 g/mol. The summed E-state index contributed by atoms with van der Waals surface area (Å²) in [5.41, 5.74) is -2.70. The zero-order valence-corrected chi connectivity index (χ0v) is 84.7. The third-order valence-electron chi connectivity index (χ3n) is 25.8. The van der Waals surface area contributed by atoms with Gasteiger partial charge in [-0.15, -0.1) is 0 Å². The molecule has 42 nitrogen and oxygen atoms in total. The number of aromatic nitrogens is 12. The maximum atomic E-state index is 16.2. The van der Waals surface area contributed by atoms with Gasteiger partial charge in [-0.2, -0.15) is 15.0 Å². The van der Waals surface area contributed by atoms with Crippen LogP contribution in [0.2, 0.25) is 5.04 Å². The summed E-state index contributed by atoms with van der Waals surface area (Å²) in [6.07, 6.45) is -1.03. The van der Waals surface area contributed by atoms with Gasteiger partial charge >= 0.3 is 22.8 Å². The fourth-order valence-electron chi connectivity index (χ4n) is 18.2. The van der Waals surface area contributed by atoms with E-state index in [-0.39, 0.29) is 116 Å². The molecule has 144 heavy (non-hydrogen) atoms. The normalized spacial score (nSPS) is 22.7. The Morgan fingerprint density at radius 2 is 0.806 bits per heavy atom. The molecular formula is C97H111N19O23P4Si. The van der Waals surface area contributed by atoms with Crippen LogP contribution in [0, 0.1) is 6.92 Å². The predicted octanol–water partition coefficient (Wildman–Crippen LogP) is 11.2. The summed E-state index contributed by atoms with van der Waals surface area (Å²) in [6.45, 7) is 10.0. The monoisotopic (exact) mass is 2060 g/mol. The molecule has 0 aliphatic carbocycles. The van der Waals surface area contributed by atoms with Crippen LogP contribution in [-0.2, 0) is 64.5 Å². The van der Waals surface area contributed by atoms with Gasteiger partial charge in [-0.25, -0.2) is 48.1 Å². The Balaban J connectivity index is 0.649. The van der Waals surface area contributed by atoms with Gasteiger partial charge in [0.25, 0.3) is 60.1 Å². The molecule has 12 aromatic rings. The van der Waals surface area contributed by atoms with Crippen LogP contribution in [-0.4, -0.2) is 239 Å². The first kappa shape index (κ1) is 103. The first-order valence-electron chi connectivity index (χ1n) is 46.9. The van der Waals surface area contributed by atoms with Crippen LogP contribution < -0.4 is 60.0 Å². The standard InChI is InChI=1S/C97H111N19O23P4Si/c1-64-50-115(96(125)108-88(64)117)80-41-27-36-69(135-80)57-131-141(6,127)110-52-72(138-83(55-110)113-46-43-78(105-94(113)123)102-90(119)66-30-17-10-18-31-66)59-133-143(8,129)111-53-73(139-84(56-111)114-47-44-79(106-95(114)124)103-91(120)67-32-19-11-20-33-67)60-132-142(7,128)109-51-71(137-82(54-109)112-45-42-77(104-93(112)122)101-89(118)65-28-15-9-16-29-65)58-130-140(5,126)74-48-70(61-134-144(97(2,3)4,75-37-23-13-24-38-75)76-39-25-14-26-40-76)136-81(49-74)116-63-100-85-86(98-62-99-87(85)116)107-92(121)68-34-21-12-22-35-68/h9-26,28-35,37-40,42-47,50,62-63,69-74,80-84H,27,36,41,48-49,51-61H2,1-8H3,(H,108,117,125)(H,98,99,107,121)(H,101,104,118,122)(H,102,105,119,123)(H,103,106,120,124)/t69?,70-,71-,72-,73-,74?,80+,81+,82+,83+,84+,140-,141-,142-,143-/m0/s1. The van der Waals surface area contributed by atoms with Crippen molar-refractivity contribution in [2.24, 2.45) is 0 Å². The van der Waals surface area contributed by atoms with E-state index in [0.717, 1.165) is 24.1 Å². The van der Waals surface area contributed by atoms with E-state index in [9.17, 15) is 43.2 Å². The number of H-pyrrole nitrogens is 1. The summed E-state index contributed by atoms with van der Waals surface area (Å²) in [5, 5.41) is 12.4. The number of ether oxygens (including phenoxy) is 5. The molecular weight excluding hydrogens is 1950 g/mol. The molecule has 15 atom stereocenters. The number of benzene rings is 6. The van der Waals surface area contributed by atoms with Gasteiger partial charge in [0.15, 0.2) is 35.7 Å². The number of hydrogen-bond acceptors (Lipinski definition) is 29. The minimum atomic E-state index is -4.30. The maximum Gasteiger partial charge on any atom is 0.351 e. The van der Waals surface area contributed by atoms with Crippen molar-refractivity contribution >= 4 is 107 Å². The number of carbonyl (C=O) groups excluding carboxylic acids is 4. The highest BCUT2D eigenvalue weighted by Crippen LogP contribution is 2.58. The van der Waals surface area contributed by atoms with Crippen LogP contribution in [0.1, 0.15) is 131 Å². The van der Waals surface area contributed by atoms with Crippen LogP contribution >= 0.6 is 29.9 Å². The molecule has 17 rings (SSSR count). The first-order valence-corrected chi connectivity index (χ1v) is 57.0. The van der Waals surface area contributed by atoms with Crippen LogP contribution in [0.25, 0.3) is 11.2 Å². The molecule has 5 fully saturated rings. The number of fused-ring (bicyclic) bond motifs is 1. The third-order valence-corrected chi connectivity index (χ3v) is 39.2. The molecule has 47 heteroatoms. The molecule has 6 aromatic carbocycles. The molecule has 11 heterocycles. The second kappa shape index (κ2) is 44.3. The van der Waals surface area contributed by atoms with Crippen LogP contribution in [0.4, 0.5) is 23.3 Å². The number of aromatic amines is 1. The number of hydrogen-bond donors (Lipinski definition) is 5. The van der Waals surface area contributed by atoms with Crippen molar-refractivity contribution in [2.75, 3.05) is 120 Å². The van der Waals surface area contributed by atoms with Crippen LogP contribution in [0.5, 0.6) is 0 Å². The number of morpholine rings is 3. The van der Waals surface area contributed by atoms with Crippen molar-refractivity contribution in [3.8, 4) is 0 Å². The molecule has 5 N–H and O–H groups in total. The number of nitrogens with zero attached hydrogens (tertiary/aromatic N) is 14. The van der Waals surface area contributed by atoms with Crippen molar-refractivity contribution in [2.45, 2.75) is 132 Å². The smallest absolute Gasteiger partial charge is 0.351 e. The second-order valence-corrected chi connectivity index (χ2v) is 51.4. The first-order chi connectivity index (χ1) is 69.0. The number of carbonyl (C=O) groups is 4. The van der Waals surface area contributed by atoms with E-state index < -0.39 is 182 Å². The fourth-order valence-corrected chi connectivity index (χ4v) is 29.3. The molecule has 0 saturated carbocycles. The van der Waals surface area contributed by atoms with Gasteiger partial charge in [0.2, 0.25) is 7.37 Å². The van der Waals surface area contributed by atoms with E-state index in [0.29, 0.717) is 30.4 Å². The molecule has 0 spiro atoms. The van der Waals surface area contributed by atoms with Crippen molar-refractivity contribution in [3.05, 3.63) is 318 Å². The minimum Gasteiger partial charge on any atom is -0.405 e. The average Bonchev–Trinajstić information content (AvgIpc) is 0.924. The summed E-state index contributed by atoms with van der Waals surface area (Å²) < 4.78 is 142. The predicted molar refractivity (Wildman–Crippen MR) is 537 cm³/mol. The SMILES string of the molecule is Cc1cn([C@H]2CCCC(CO[P@](C)(=O)N3C[C@@H](CO[P@](C)(=O)N4C[C@@H](CO[P@](C)(=O)N5C[C@@H](CO[P@](C)(=O)C6C[C@@H](CO[Si](c7ccccc7)(c7ccccc7)C(C)(C)C)O[C@@H](n7cnc8c(NC(=O)c9ccccc9)ncnc87)C6)O[C@@H](n6ccc(NC(=O)c7ccccc7)nc6=O)C5)O[C@@H](n5ccc(NC(=O)c6ccccc6)nc5=O)C4)O[C@@H](n4ccc(NC(=O)c5ccccc5)nc4=O)C3)O2)c(=O)[nH]c1=O. The van der Waals surface area contributed by atoms with E-state index >= 15 is 18.3 Å². The largest absolute Gasteiger partial charge is 0.405 e. The molecule has 5 aliphatic heterocycles. The lowest BCUT2D eigenvalue weighted by molar-refractivity contribution is -0.129. The Bertz CT molecular complexity index is 7140. The second-order valence-electron chi connectivity index (χ2n) is 37.0. The Hall–Kier alpha value is -12.3. The van der Waals surface area contributed by atoms with Gasteiger partial charge < -0.3 is 67.5 Å². The van der Waals surface area contributed by atoms with Crippen LogP contribution in [0.3, 0.4) is 0 Å². The highest BCUT2D eigenvalue weighted by molar-refractivity contribution is 7.59. The number of anilines is 4. The van der Waals surface area contributed by atoms with Gasteiger partial charge in [-0.05, 0) is 115 Å². The Labute approximate surface area is 827 Å². The quantitative estimate of drug-likeness (QED) is 0.0185. The molecule has 4 amide bonds. The van der Waals surface area contributed by atoms with Gasteiger partial charge in [-0.3, -0.25) is 70.1 Å². The zero-order valence-electron chi connectivity index (χ0n) is 80.1. The summed E-state index contributed by atoms with van der Waals surface area (Å²) in [5.74, 6) is -2.29. The zero-order chi connectivity index (χ0) is 101. The lowest BCUT2D eigenvalue weighted by Crippen LogP contribution is -2.67. The molecule has 6 aromatic heterocycles. The fraction of sp³-hybridized carbons (Fsp3) is 0.371. The van der Waals surface area contributed by atoms with E-state index in [1.54, 1.807) is 133 Å². The van der Waals surface area contributed by atoms with Gasteiger partial charge in [0, 0.05) is 111 Å². The van der Waals surface area contributed by atoms with E-state index in [2.05, 4.69) is 96.2 Å². The minimum absolute atomic E-state index is 0.0118. The molecule has 2 unspecified atom stereocenters. The topological polar surface area (TPSA) is 490 Å². The van der Waals surface area contributed by atoms with Crippen molar-refractivity contribution in [3.63, 3.8) is 0 Å². The highest BCUT2D eigenvalue weighted by Gasteiger charge is 2.53. The van der Waals surface area contributed by atoms with Crippen molar-refractivity contribution < 1.29 is 83.6 Å². The highest BCUT2D eigenvalue weighted by atomic mass is 31.2. The molecule has 0 bridgehead atoms. The summed E-state index contributed by atoms with van der Waals surface area (Å²) >= 11 is 0. The number of aryl methyl sites for hydroxylation is 1. The summed E-state index contributed by atoms with van der Waals surface area (Å²) in [4.78, 5) is 151. The van der Waals surface area contributed by atoms with Gasteiger partial charge in [0.1, 0.15) is 36.2 Å². The molecule has 756 valence electrons. The number of rotatable bonds is 34. The lowest BCUT2D eigenvalue weighted by Gasteiger charge is -2.45. The number of imidazole rings is 1. The Morgan fingerprint density at radius 3 is 1.22 bits per heavy atom. The Morgan fingerprint density at radius 1 is 0.424 bits per heavy atom. The number of amides is 4. The lowest BCUT2D eigenvalue weighted by atomic mass is 10.1. The molecule has 0 radical (unpaired) electrons. The van der Waals surface area contributed by atoms with Crippen molar-refractivity contribution in [1.29, 1.82) is 0 Å². The van der Waals surface area contributed by atoms with Crippen LogP contribution in [0.15, 0.2) is 262 Å². The summed E-state index contributed by atoms with van der Waals surface area (Å²) in [6, 6.07) is 57.6. The third kappa shape index (κ3) is 24.1. The van der Waals surface area contributed by atoms with E-state index in [1.165, 1.54) is 101 Å². The van der Waals surface area contributed by atoms with Crippen molar-refractivity contribution in [1.82, 2.24) is 71.7 Å². The summed E-state index contributed by atoms with van der Waals surface area (Å²) in [7, 11) is -19.8.